The predicted octanol–water partition coefficient (Wildman–Crippen LogP) is 2.57. The van der Waals surface area contributed by atoms with Gasteiger partial charge in [-0.2, -0.15) is 5.10 Å². The minimum absolute atomic E-state index is 0.221. The third-order valence-electron chi connectivity index (χ3n) is 5.20. The van der Waals surface area contributed by atoms with Crippen LogP contribution in [0, 0.1) is 0 Å². The van der Waals surface area contributed by atoms with Crippen LogP contribution in [0.15, 0.2) is 84.5 Å². The van der Waals surface area contributed by atoms with E-state index >= 15 is 0 Å². The van der Waals surface area contributed by atoms with Crippen LogP contribution in [0.1, 0.15) is 16.2 Å². The molecule has 0 bridgehead atoms. The number of hydrogen-bond acceptors (Lipinski definition) is 8. The lowest BCUT2D eigenvalue weighted by Crippen LogP contribution is -2.26. The highest BCUT2D eigenvalue weighted by Gasteiger charge is 2.13. The monoisotopic (exact) mass is 468 g/mol. The minimum Gasteiger partial charge on any atom is -0.378 e. The molecule has 0 saturated heterocycles. The van der Waals surface area contributed by atoms with Gasteiger partial charge in [0.15, 0.2) is 17.5 Å². The third-order valence-corrected chi connectivity index (χ3v) is 5.20. The number of anilines is 1. The maximum absolute atomic E-state index is 12.8. The van der Waals surface area contributed by atoms with Crippen LogP contribution in [0.3, 0.4) is 0 Å². The molecule has 1 amide bonds. The summed E-state index contributed by atoms with van der Waals surface area (Å²) in [6.07, 6.45) is 8.14. The average Bonchev–Trinajstić information content (AvgIpc) is 3.56. The van der Waals surface area contributed by atoms with E-state index in [1.165, 1.54) is 6.33 Å². The molecule has 3 aromatic heterocycles. The van der Waals surface area contributed by atoms with E-state index in [9.17, 15) is 4.79 Å². The van der Waals surface area contributed by atoms with E-state index in [0.717, 1.165) is 11.5 Å². The largest absolute Gasteiger partial charge is 0.378 e. The number of hydrogen-bond donors (Lipinski definition) is 2. The average molecular weight is 469 g/mol. The van der Waals surface area contributed by atoms with E-state index in [2.05, 4.69) is 54.2 Å². The number of carbonyl (C=O) groups is 1. The standard InChI is InChI=1S/C24H24N10O/c1-4-17(22(25-2)34-12-6-10-30-34)14-28-24(35)18-7-5-8-19(13-18)27-15-21-31-32-23(33(21)3)20-9-11-26-16-29-20/h4-13,16,27H,1-2,14-15H2,3H3,(H,28,35)/b22-17-. The lowest BCUT2D eigenvalue weighted by Gasteiger charge is -2.11. The molecule has 35 heavy (non-hydrogen) atoms. The van der Waals surface area contributed by atoms with Gasteiger partial charge in [-0.15, -0.1) is 10.2 Å². The second-order valence-corrected chi connectivity index (χ2v) is 7.37. The molecule has 11 nitrogen and oxygen atoms in total. The molecule has 0 aliphatic rings. The van der Waals surface area contributed by atoms with Crippen molar-refractivity contribution in [1.82, 2.24) is 39.8 Å². The number of carbonyl (C=O) groups excluding carboxylic acids is 1. The van der Waals surface area contributed by atoms with Crippen LogP contribution in [-0.2, 0) is 13.6 Å². The first-order valence-corrected chi connectivity index (χ1v) is 10.7. The van der Waals surface area contributed by atoms with Gasteiger partial charge in [0.05, 0.1) is 6.54 Å². The molecule has 3 heterocycles. The quantitative estimate of drug-likeness (QED) is 0.270. The van der Waals surface area contributed by atoms with Crippen molar-refractivity contribution < 1.29 is 4.79 Å². The fourth-order valence-electron chi connectivity index (χ4n) is 3.35. The number of aromatic nitrogens is 7. The van der Waals surface area contributed by atoms with Gasteiger partial charge in [0.2, 0.25) is 0 Å². The van der Waals surface area contributed by atoms with Crippen LogP contribution >= 0.6 is 0 Å². The normalized spacial score (nSPS) is 11.5. The van der Waals surface area contributed by atoms with Crippen LogP contribution in [0.5, 0.6) is 0 Å². The minimum atomic E-state index is -0.235. The van der Waals surface area contributed by atoms with Crippen molar-refractivity contribution in [2.75, 3.05) is 11.9 Å². The van der Waals surface area contributed by atoms with Gasteiger partial charge >= 0.3 is 0 Å². The number of amides is 1. The molecule has 0 atom stereocenters. The Bertz CT molecular complexity index is 1360. The molecule has 0 aliphatic carbocycles. The molecule has 0 spiro atoms. The van der Waals surface area contributed by atoms with E-state index in [0.29, 0.717) is 35.0 Å². The van der Waals surface area contributed by atoms with Crippen molar-refractivity contribution in [3.05, 3.63) is 90.9 Å². The number of nitrogens with zero attached hydrogens (tertiary/aromatic N) is 8. The van der Waals surface area contributed by atoms with Crippen molar-refractivity contribution in [2.45, 2.75) is 6.54 Å². The summed E-state index contributed by atoms with van der Waals surface area (Å²) in [5.41, 5.74) is 2.65. The summed E-state index contributed by atoms with van der Waals surface area (Å²) in [5, 5.41) is 18.8. The Morgan fingerprint density at radius 3 is 2.80 bits per heavy atom. The zero-order valence-electron chi connectivity index (χ0n) is 19.2. The zero-order valence-corrected chi connectivity index (χ0v) is 19.2. The Morgan fingerprint density at radius 1 is 1.20 bits per heavy atom. The van der Waals surface area contributed by atoms with E-state index in [4.69, 9.17) is 0 Å². The van der Waals surface area contributed by atoms with Crippen molar-refractivity contribution in [3.63, 3.8) is 0 Å². The van der Waals surface area contributed by atoms with Gasteiger partial charge in [0, 0.05) is 49.0 Å². The molecule has 0 aliphatic heterocycles. The number of benzene rings is 1. The molecule has 0 fully saturated rings. The molecule has 0 radical (unpaired) electrons. The predicted molar refractivity (Wildman–Crippen MR) is 133 cm³/mol. The first kappa shape index (κ1) is 23.2. The SMILES string of the molecule is C=C/C(CNC(=O)c1cccc(NCc2nnc(-c3ccncn3)n2C)c1)=C(\N=C)n1cccn1. The fourth-order valence-corrected chi connectivity index (χ4v) is 3.35. The van der Waals surface area contributed by atoms with Gasteiger partial charge in [-0.25, -0.2) is 19.6 Å². The van der Waals surface area contributed by atoms with Gasteiger partial charge in [0.1, 0.15) is 12.0 Å². The van der Waals surface area contributed by atoms with Gasteiger partial charge in [-0.05, 0) is 37.0 Å². The lowest BCUT2D eigenvalue weighted by atomic mass is 10.1. The second-order valence-electron chi connectivity index (χ2n) is 7.37. The van der Waals surface area contributed by atoms with Gasteiger partial charge in [0.25, 0.3) is 5.91 Å². The van der Waals surface area contributed by atoms with Crippen molar-refractivity contribution in [2.24, 2.45) is 12.0 Å². The summed E-state index contributed by atoms with van der Waals surface area (Å²) in [7, 11) is 1.87. The lowest BCUT2D eigenvalue weighted by molar-refractivity contribution is 0.0957. The van der Waals surface area contributed by atoms with Crippen LogP contribution in [0.25, 0.3) is 17.3 Å². The Morgan fingerprint density at radius 2 is 2.09 bits per heavy atom. The first-order valence-electron chi connectivity index (χ1n) is 10.7. The van der Waals surface area contributed by atoms with Gasteiger partial charge < -0.3 is 15.2 Å². The van der Waals surface area contributed by atoms with Crippen molar-refractivity contribution in [3.8, 4) is 11.5 Å². The topological polar surface area (TPSA) is 128 Å². The first-order chi connectivity index (χ1) is 17.1. The van der Waals surface area contributed by atoms with Crippen LogP contribution in [-0.4, -0.2) is 53.7 Å². The Labute approximate surface area is 202 Å². The van der Waals surface area contributed by atoms with Crippen LogP contribution in [0.2, 0.25) is 0 Å². The zero-order chi connectivity index (χ0) is 24.6. The smallest absolute Gasteiger partial charge is 0.251 e. The Hall–Kier alpha value is -4.93. The molecule has 4 rings (SSSR count). The summed E-state index contributed by atoms with van der Waals surface area (Å²) >= 11 is 0. The van der Waals surface area contributed by atoms with Crippen molar-refractivity contribution in [1.29, 1.82) is 0 Å². The van der Waals surface area contributed by atoms with Gasteiger partial charge in [-0.1, -0.05) is 18.7 Å². The number of rotatable bonds is 10. The molecule has 0 unspecified atom stereocenters. The van der Waals surface area contributed by atoms with Crippen molar-refractivity contribution >= 4 is 24.1 Å². The molecule has 11 heteroatoms. The van der Waals surface area contributed by atoms with E-state index in [1.54, 1.807) is 53.6 Å². The highest BCUT2D eigenvalue weighted by Crippen LogP contribution is 2.16. The maximum atomic E-state index is 12.8. The Kier molecular flexibility index (Phi) is 7.16. The molecule has 1 aromatic carbocycles. The summed E-state index contributed by atoms with van der Waals surface area (Å²) in [5.74, 6) is 1.64. The summed E-state index contributed by atoms with van der Waals surface area (Å²) in [6.45, 7) is 8.05. The molecule has 0 saturated carbocycles. The molecule has 176 valence electrons. The second kappa shape index (κ2) is 10.8. The summed E-state index contributed by atoms with van der Waals surface area (Å²) in [6, 6.07) is 10.8. The van der Waals surface area contributed by atoms with E-state index < -0.39 is 0 Å². The maximum Gasteiger partial charge on any atom is 0.251 e. The molecule has 4 aromatic rings. The number of aliphatic imine (C=N–C) groups is 1. The Balaban J connectivity index is 1.41. The molecular weight excluding hydrogens is 444 g/mol. The number of nitrogens with one attached hydrogen (secondary N) is 2. The highest BCUT2D eigenvalue weighted by atomic mass is 16.1. The third kappa shape index (κ3) is 5.36. The van der Waals surface area contributed by atoms with Gasteiger partial charge in [-0.3, -0.25) is 4.79 Å². The molecular formula is C24H24N10O. The fraction of sp³-hybridized carbons (Fsp3) is 0.125. The summed E-state index contributed by atoms with van der Waals surface area (Å²) in [4.78, 5) is 25.0. The summed E-state index contributed by atoms with van der Waals surface area (Å²) < 4.78 is 3.43. The highest BCUT2D eigenvalue weighted by molar-refractivity contribution is 5.95. The van der Waals surface area contributed by atoms with Crippen LogP contribution in [0.4, 0.5) is 5.69 Å². The van der Waals surface area contributed by atoms with E-state index in [1.807, 2.05) is 23.7 Å². The van der Waals surface area contributed by atoms with E-state index in [-0.39, 0.29) is 12.5 Å². The van der Waals surface area contributed by atoms with Crippen LogP contribution < -0.4 is 10.6 Å². The molecule has 2 N–H and O–H groups in total.